The third kappa shape index (κ3) is 4.36. The number of ether oxygens (including phenoxy) is 1. The monoisotopic (exact) mass is 430 g/mol. The van der Waals surface area contributed by atoms with Crippen molar-refractivity contribution in [3.8, 4) is 5.75 Å². The summed E-state index contributed by atoms with van der Waals surface area (Å²) in [6.07, 6.45) is 5.63. The molecule has 0 fully saturated rings. The summed E-state index contributed by atoms with van der Waals surface area (Å²) in [5.74, 6) is 1.45. The van der Waals surface area contributed by atoms with Gasteiger partial charge in [0.15, 0.2) is 0 Å². The van der Waals surface area contributed by atoms with E-state index in [4.69, 9.17) is 16.3 Å². The van der Waals surface area contributed by atoms with Gasteiger partial charge in [-0.25, -0.2) is 4.98 Å². The highest BCUT2D eigenvalue weighted by Gasteiger charge is 2.31. The Hall–Kier alpha value is -1.85. The fourth-order valence-electron chi connectivity index (χ4n) is 4.06. The van der Waals surface area contributed by atoms with Gasteiger partial charge in [0.1, 0.15) is 10.6 Å². The zero-order chi connectivity index (χ0) is 20.6. The third-order valence-electron chi connectivity index (χ3n) is 5.89. The van der Waals surface area contributed by atoms with Gasteiger partial charge < -0.3 is 4.74 Å². The van der Waals surface area contributed by atoms with Crippen molar-refractivity contribution in [3.05, 3.63) is 56.4 Å². The number of aromatic nitrogens is 2. The zero-order valence-corrected chi connectivity index (χ0v) is 18.8. The molecular formula is C23H27ClN2O2S. The van der Waals surface area contributed by atoms with Crippen LogP contribution >= 0.6 is 22.9 Å². The average molecular weight is 431 g/mol. The van der Waals surface area contributed by atoms with E-state index >= 15 is 0 Å². The topological polar surface area (TPSA) is 44.1 Å². The predicted molar refractivity (Wildman–Crippen MR) is 120 cm³/mol. The standard InChI is InChI=1S/C23H27ClN2O2S/c1-23(2,3)15-5-10-18-19(13-15)29-21-20(18)22(27)26(14-25-21)11-4-12-28-17-8-6-16(24)7-9-17/h6-9,14-15H,4-5,10-13H2,1-3H3. The minimum absolute atomic E-state index is 0.0909. The highest BCUT2D eigenvalue weighted by atomic mass is 35.5. The van der Waals surface area contributed by atoms with Crippen molar-refractivity contribution >= 4 is 33.2 Å². The lowest BCUT2D eigenvalue weighted by atomic mass is 9.72. The highest BCUT2D eigenvalue weighted by molar-refractivity contribution is 7.18. The van der Waals surface area contributed by atoms with Crippen LogP contribution in [0.1, 0.15) is 44.1 Å². The van der Waals surface area contributed by atoms with Crippen molar-refractivity contribution in [1.29, 1.82) is 0 Å². The molecule has 0 aliphatic heterocycles. The molecule has 2 heterocycles. The Morgan fingerprint density at radius 2 is 2.03 bits per heavy atom. The van der Waals surface area contributed by atoms with E-state index in [2.05, 4.69) is 25.8 Å². The van der Waals surface area contributed by atoms with Crippen LogP contribution < -0.4 is 10.3 Å². The van der Waals surface area contributed by atoms with Crippen molar-refractivity contribution in [2.24, 2.45) is 11.3 Å². The number of benzene rings is 1. The molecule has 0 bridgehead atoms. The molecular weight excluding hydrogens is 404 g/mol. The second-order valence-corrected chi connectivity index (χ2v) is 10.4. The Bertz CT molecular complexity index is 1060. The molecule has 4 nitrogen and oxygen atoms in total. The van der Waals surface area contributed by atoms with Crippen molar-refractivity contribution in [1.82, 2.24) is 9.55 Å². The number of nitrogens with zero attached hydrogens (tertiary/aromatic N) is 2. The molecule has 0 spiro atoms. The van der Waals surface area contributed by atoms with E-state index < -0.39 is 0 Å². The van der Waals surface area contributed by atoms with E-state index in [1.165, 1.54) is 10.4 Å². The molecule has 4 rings (SSSR count). The minimum Gasteiger partial charge on any atom is -0.494 e. The van der Waals surface area contributed by atoms with Crippen LogP contribution in [0.15, 0.2) is 35.4 Å². The van der Waals surface area contributed by atoms with E-state index in [0.29, 0.717) is 29.5 Å². The first-order valence-electron chi connectivity index (χ1n) is 10.2. The molecule has 0 N–H and O–H groups in total. The molecule has 1 aliphatic rings. The maximum absolute atomic E-state index is 13.1. The molecule has 6 heteroatoms. The first kappa shape index (κ1) is 20.4. The van der Waals surface area contributed by atoms with Crippen LogP contribution in [0, 0.1) is 11.3 Å². The van der Waals surface area contributed by atoms with Crippen molar-refractivity contribution in [2.45, 2.75) is 53.0 Å². The Kier molecular flexibility index (Phi) is 5.71. The summed E-state index contributed by atoms with van der Waals surface area (Å²) < 4.78 is 7.47. The van der Waals surface area contributed by atoms with Gasteiger partial charge in [-0.15, -0.1) is 11.3 Å². The molecule has 0 amide bonds. The third-order valence-corrected chi connectivity index (χ3v) is 7.30. The Morgan fingerprint density at radius 1 is 1.28 bits per heavy atom. The highest BCUT2D eigenvalue weighted by Crippen LogP contribution is 2.41. The van der Waals surface area contributed by atoms with E-state index in [0.717, 1.165) is 41.6 Å². The van der Waals surface area contributed by atoms with Crippen LogP contribution in [0.3, 0.4) is 0 Å². The maximum Gasteiger partial charge on any atom is 0.262 e. The molecule has 1 aromatic carbocycles. The SMILES string of the molecule is CC(C)(C)C1CCc2c(sc3ncn(CCCOc4ccc(Cl)cc4)c(=O)c23)C1. The molecule has 0 saturated carbocycles. The molecule has 0 saturated heterocycles. The smallest absolute Gasteiger partial charge is 0.262 e. The summed E-state index contributed by atoms with van der Waals surface area (Å²) in [6.45, 7) is 8.08. The second-order valence-electron chi connectivity index (χ2n) is 8.89. The largest absolute Gasteiger partial charge is 0.494 e. The first-order chi connectivity index (χ1) is 13.8. The molecule has 1 atom stereocenters. The number of thiophene rings is 1. The normalized spacial score (nSPS) is 16.8. The lowest BCUT2D eigenvalue weighted by Gasteiger charge is -2.33. The number of halogens is 1. The van der Waals surface area contributed by atoms with E-state index in [9.17, 15) is 4.79 Å². The van der Waals surface area contributed by atoms with Gasteiger partial charge in [0.25, 0.3) is 5.56 Å². The van der Waals surface area contributed by atoms with Crippen LogP contribution in [0.4, 0.5) is 0 Å². The van der Waals surface area contributed by atoms with Gasteiger partial charge in [-0.2, -0.15) is 0 Å². The number of hydrogen-bond donors (Lipinski definition) is 0. The van der Waals surface area contributed by atoms with Crippen LogP contribution in [0.5, 0.6) is 5.75 Å². The molecule has 1 unspecified atom stereocenters. The van der Waals surface area contributed by atoms with Crippen LogP contribution in [-0.4, -0.2) is 16.2 Å². The van der Waals surface area contributed by atoms with Gasteiger partial charge >= 0.3 is 0 Å². The summed E-state index contributed by atoms with van der Waals surface area (Å²) in [6, 6.07) is 7.32. The van der Waals surface area contributed by atoms with Crippen LogP contribution in [0.2, 0.25) is 5.02 Å². The average Bonchev–Trinajstić information content (AvgIpc) is 3.06. The van der Waals surface area contributed by atoms with Gasteiger partial charge in [-0.3, -0.25) is 9.36 Å². The summed E-state index contributed by atoms with van der Waals surface area (Å²) in [7, 11) is 0. The summed E-state index contributed by atoms with van der Waals surface area (Å²) in [5.41, 5.74) is 1.63. The van der Waals surface area contributed by atoms with E-state index in [-0.39, 0.29) is 5.56 Å². The Morgan fingerprint density at radius 3 is 2.76 bits per heavy atom. The van der Waals surface area contributed by atoms with Crippen molar-refractivity contribution in [3.63, 3.8) is 0 Å². The molecule has 0 radical (unpaired) electrons. The van der Waals surface area contributed by atoms with Gasteiger partial charge in [0.2, 0.25) is 0 Å². The lowest BCUT2D eigenvalue weighted by Crippen LogP contribution is -2.27. The van der Waals surface area contributed by atoms with Crippen molar-refractivity contribution in [2.75, 3.05) is 6.61 Å². The number of fused-ring (bicyclic) bond motifs is 3. The fraction of sp³-hybridized carbons (Fsp3) is 0.478. The van der Waals surface area contributed by atoms with Crippen LogP contribution in [-0.2, 0) is 19.4 Å². The number of aryl methyl sites for hydroxylation is 2. The molecule has 29 heavy (non-hydrogen) atoms. The molecule has 3 aromatic rings. The van der Waals surface area contributed by atoms with Gasteiger partial charge in [-0.05, 0) is 66.8 Å². The number of rotatable bonds is 5. The molecule has 2 aromatic heterocycles. The minimum atomic E-state index is 0.0909. The van der Waals surface area contributed by atoms with Crippen LogP contribution in [0.25, 0.3) is 10.2 Å². The van der Waals surface area contributed by atoms with Gasteiger partial charge in [0.05, 0.1) is 18.3 Å². The predicted octanol–water partition coefficient (Wildman–Crippen LogP) is 5.73. The zero-order valence-electron chi connectivity index (χ0n) is 17.2. The van der Waals surface area contributed by atoms with Gasteiger partial charge in [-0.1, -0.05) is 32.4 Å². The first-order valence-corrected chi connectivity index (χ1v) is 11.4. The Balaban J connectivity index is 1.47. The van der Waals surface area contributed by atoms with E-state index in [1.54, 1.807) is 22.2 Å². The maximum atomic E-state index is 13.1. The summed E-state index contributed by atoms with van der Waals surface area (Å²) in [5, 5.41) is 1.54. The number of hydrogen-bond acceptors (Lipinski definition) is 4. The Labute approximate surface area is 180 Å². The summed E-state index contributed by atoms with van der Waals surface area (Å²) >= 11 is 7.60. The van der Waals surface area contributed by atoms with Gasteiger partial charge in [0, 0.05) is 16.4 Å². The summed E-state index contributed by atoms with van der Waals surface area (Å²) in [4.78, 5) is 20.0. The van der Waals surface area contributed by atoms with E-state index in [1.807, 2.05) is 24.3 Å². The fourth-order valence-corrected chi connectivity index (χ4v) is 5.44. The molecule has 154 valence electrons. The quantitative estimate of drug-likeness (QED) is 0.485. The second kappa shape index (κ2) is 8.11. The lowest BCUT2D eigenvalue weighted by molar-refractivity contribution is 0.218. The molecule has 1 aliphatic carbocycles. The van der Waals surface area contributed by atoms with Crippen molar-refractivity contribution < 1.29 is 4.74 Å².